The predicted molar refractivity (Wildman–Crippen MR) is 51.5 cm³/mol. The molecule has 0 amide bonds. The quantitative estimate of drug-likeness (QED) is 0.765. The van der Waals surface area contributed by atoms with Crippen molar-refractivity contribution in [1.82, 2.24) is 9.97 Å². The van der Waals surface area contributed by atoms with E-state index in [1.54, 1.807) is 0 Å². The number of aliphatic hydroxyl groups excluding tert-OH is 1. The van der Waals surface area contributed by atoms with Crippen LogP contribution in [0.2, 0.25) is 0 Å². The average Bonchev–Trinajstić information content (AvgIpc) is 2.02. The van der Waals surface area contributed by atoms with E-state index in [-0.39, 0.29) is 6.10 Å². The normalized spacial score (nSPS) is 12.9. The molecule has 0 spiro atoms. The molecule has 1 rings (SSSR count). The summed E-state index contributed by atoms with van der Waals surface area (Å²) in [5.41, 5.74) is 1.89. The molecule has 0 fully saturated rings. The summed E-state index contributed by atoms with van der Waals surface area (Å²) < 4.78 is 0. The van der Waals surface area contributed by atoms with Crippen LogP contribution >= 0.6 is 0 Å². The third-order valence-electron chi connectivity index (χ3n) is 1.94. The van der Waals surface area contributed by atoms with Crippen molar-refractivity contribution in [3.05, 3.63) is 23.3 Å². The maximum Gasteiger partial charge on any atom is 0.125 e. The third kappa shape index (κ3) is 3.11. The molecule has 0 saturated heterocycles. The van der Waals surface area contributed by atoms with Crippen molar-refractivity contribution in [2.24, 2.45) is 0 Å². The molecule has 0 bridgehead atoms. The van der Waals surface area contributed by atoms with E-state index in [4.69, 9.17) is 0 Å². The average molecular weight is 180 g/mol. The molecule has 0 saturated carbocycles. The number of rotatable bonds is 3. The zero-order valence-corrected chi connectivity index (χ0v) is 8.41. The van der Waals surface area contributed by atoms with Crippen molar-refractivity contribution in [2.75, 3.05) is 0 Å². The van der Waals surface area contributed by atoms with Crippen LogP contribution in [-0.2, 0) is 6.42 Å². The lowest BCUT2D eigenvalue weighted by atomic mass is 10.1. The summed E-state index contributed by atoms with van der Waals surface area (Å²) in [6.07, 6.45) is 1.11. The van der Waals surface area contributed by atoms with E-state index in [0.29, 0.717) is 6.42 Å². The van der Waals surface area contributed by atoms with Crippen molar-refractivity contribution in [2.45, 2.75) is 39.7 Å². The van der Waals surface area contributed by atoms with Crippen LogP contribution in [0.5, 0.6) is 0 Å². The molecule has 3 heteroatoms. The topological polar surface area (TPSA) is 46.0 Å². The van der Waals surface area contributed by atoms with Crippen LogP contribution in [0.1, 0.15) is 30.6 Å². The van der Waals surface area contributed by atoms with E-state index in [1.165, 1.54) is 0 Å². The Morgan fingerprint density at radius 3 is 2.62 bits per heavy atom. The van der Waals surface area contributed by atoms with Crippen LogP contribution in [-0.4, -0.2) is 21.2 Å². The fraction of sp³-hybridized carbons (Fsp3) is 0.600. The van der Waals surface area contributed by atoms with Gasteiger partial charge < -0.3 is 5.11 Å². The SMILES string of the molecule is CCC(O)Cc1cc(C)nc(C)n1. The zero-order chi connectivity index (χ0) is 9.84. The van der Waals surface area contributed by atoms with Gasteiger partial charge in [0, 0.05) is 17.8 Å². The van der Waals surface area contributed by atoms with Gasteiger partial charge >= 0.3 is 0 Å². The molecule has 1 aromatic heterocycles. The molecule has 1 aromatic rings. The van der Waals surface area contributed by atoms with Gasteiger partial charge in [0.15, 0.2) is 0 Å². The largest absolute Gasteiger partial charge is 0.393 e. The molecule has 0 aliphatic heterocycles. The Balaban J connectivity index is 2.77. The van der Waals surface area contributed by atoms with Crippen molar-refractivity contribution >= 4 is 0 Å². The minimum Gasteiger partial charge on any atom is -0.393 e. The molecular formula is C10H16N2O. The second-order valence-electron chi connectivity index (χ2n) is 3.31. The van der Waals surface area contributed by atoms with Gasteiger partial charge in [0.2, 0.25) is 0 Å². The highest BCUT2D eigenvalue weighted by molar-refractivity contribution is 5.10. The monoisotopic (exact) mass is 180 g/mol. The second-order valence-corrected chi connectivity index (χ2v) is 3.31. The molecular weight excluding hydrogens is 164 g/mol. The van der Waals surface area contributed by atoms with Gasteiger partial charge in [-0.25, -0.2) is 9.97 Å². The van der Waals surface area contributed by atoms with Gasteiger partial charge in [0.1, 0.15) is 5.82 Å². The minimum atomic E-state index is -0.284. The Hall–Kier alpha value is -0.960. The van der Waals surface area contributed by atoms with Gasteiger partial charge in [-0.3, -0.25) is 0 Å². The summed E-state index contributed by atoms with van der Waals surface area (Å²) in [5.74, 6) is 0.776. The van der Waals surface area contributed by atoms with Crippen LogP contribution < -0.4 is 0 Å². The lowest BCUT2D eigenvalue weighted by Gasteiger charge is -2.07. The van der Waals surface area contributed by atoms with E-state index in [2.05, 4.69) is 9.97 Å². The van der Waals surface area contributed by atoms with Gasteiger partial charge in [-0.15, -0.1) is 0 Å². The summed E-state index contributed by atoms with van der Waals surface area (Å²) in [7, 11) is 0. The summed E-state index contributed by atoms with van der Waals surface area (Å²) in [6.45, 7) is 5.77. The lowest BCUT2D eigenvalue weighted by Crippen LogP contribution is -2.10. The summed E-state index contributed by atoms with van der Waals surface area (Å²) in [5, 5.41) is 9.43. The summed E-state index contributed by atoms with van der Waals surface area (Å²) >= 11 is 0. The number of aromatic nitrogens is 2. The van der Waals surface area contributed by atoms with Crippen LogP contribution in [0.4, 0.5) is 0 Å². The Bertz CT molecular complexity index is 266. The Morgan fingerprint density at radius 1 is 1.38 bits per heavy atom. The van der Waals surface area contributed by atoms with Crippen LogP contribution in [0.25, 0.3) is 0 Å². The molecule has 0 aromatic carbocycles. The number of hydrogen-bond acceptors (Lipinski definition) is 3. The Morgan fingerprint density at radius 2 is 2.08 bits per heavy atom. The fourth-order valence-corrected chi connectivity index (χ4v) is 1.28. The van der Waals surface area contributed by atoms with Crippen molar-refractivity contribution in [1.29, 1.82) is 0 Å². The number of hydrogen-bond donors (Lipinski definition) is 1. The van der Waals surface area contributed by atoms with E-state index < -0.39 is 0 Å². The first-order chi connectivity index (χ1) is 6.11. The lowest BCUT2D eigenvalue weighted by molar-refractivity contribution is 0.169. The minimum absolute atomic E-state index is 0.284. The summed E-state index contributed by atoms with van der Waals surface area (Å²) in [4.78, 5) is 8.43. The number of aliphatic hydroxyl groups is 1. The van der Waals surface area contributed by atoms with Crippen molar-refractivity contribution < 1.29 is 5.11 Å². The molecule has 1 heterocycles. The fourth-order valence-electron chi connectivity index (χ4n) is 1.28. The van der Waals surface area contributed by atoms with Gasteiger partial charge in [-0.05, 0) is 26.3 Å². The summed E-state index contributed by atoms with van der Waals surface area (Å²) in [6, 6.07) is 1.92. The van der Waals surface area contributed by atoms with Gasteiger partial charge in [-0.2, -0.15) is 0 Å². The highest BCUT2D eigenvalue weighted by Crippen LogP contribution is 2.05. The molecule has 72 valence electrons. The highest BCUT2D eigenvalue weighted by Gasteiger charge is 2.05. The first-order valence-electron chi connectivity index (χ1n) is 4.61. The molecule has 0 aliphatic carbocycles. The smallest absolute Gasteiger partial charge is 0.125 e. The van der Waals surface area contributed by atoms with Gasteiger partial charge in [0.25, 0.3) is 0 Å². The van der Waals surface area contributed by atoms with E-state index in [1.807, 2.05) is 26.8 Å². The molecule has 0 aliphatic rings. The van der Waals surface area contributed by atoms with Crippen molar-refractivity contribution in [3.63, 3.8) is 0 Å². The maximum atomic E-state index is 9.43. The Kier molecular flexibility index (Phi) is 3.37. The van der Waals surface area contributed by atoms with Crippen molar-refractivity contribution in [3.8, 4) is 0 Å². The number of nitrogens with zero attached hydrogens (tertiary/aromatic N) is 2. The van der Waals surface area contributed by atoms with E-state index in [0.717, 1.165) is 23.6 Å². The van der Waals surface area contributed by atoms with Crippen LogP contribution in [0, 0.1) is 13.8 Å². The standard InChI is InChI=1S/C10H16N2O/c1-4-10(13)6-9-5-7(2)11-8(3)12-9/h5,10,13H,4,6H2,1-3H3. The third-order valence-corrected chi connectivity index (χ3v) is 1.94. The zero-order valence-electron chi connectivity index (χ0n) is 8.41. The van der Waals surface area contributed by atoms with E-state index in [9.17, 15) is 5.11 Å². The van der Waals surface area contributed by atoms with Crippen LogP contribution in [0.3, 0.4) is 0 Å². The van der Waals surface area contributed by atoms with Gasteiger partial charge in [-0.1, -0.05) is 6.92 Å². The molecule has 0 radical (unpaired) electrons. The predicted octanol–water partition coefficient (Wildman–Crippen LogP) is 1.41. The highest BCUT2D eigenvalue weighted by atomic mass is 16.3. The number of aryl methyl sites for hydroxylation is 2. The molecule has 1 N–H and O–H groups in total. The molecule has 13 heavy (non-hydrogen) atoms. The van der Waals surface area contributed by atoms with Gasteiger partial charge in [0.05, 0.1) is 6.10 Å². The Labute approximate surface area is 78.9 Å². The maximum absolute atomic E-state index is 9.43. The first kappa shape index (κ1) is 10.1. The van der Waals surface area contributed by atoms with Crippen LogP contribution in [0.15, 0.2) is 6.07 Å². The second kappa shape index (κ2) is 4.33. The molecule has 3 nitrogen and oxygen atoms in total. The first-order valence-corrected chi connectivity index (χ1v) is 4.61. The molecule has 1 unspecified atom stereocenters. The molecule has 1 atom stereocenters. The van der Waals surface area contributed by atoms with E-state index >= 15 is 0 Å².